The Labute approximate surface area is 159 Å². The third-order valence-electron chi connectivity index (χ3n) is 5.89. The fraction of sp³-hybridized carbons (Fsp3) is 0.476. The van der Waals surface area contributed by atoms with Crippen molar-refractivity contribution in [3.8, 4) is 0 Å². The number of amides is 1. The van der Waals surface area contributed by atoms with Crippen molar-refractivity contribution in [2.45, 2.75) is 37.8 Å². The number of carbonyl (C=O) groups excluding carboxylic acids is 1. The molecule has 1 saturated heterocycles. The van der Waals surface area contributed by atoms with E-state index in [-0.39, 0.29) is 11.3 Å². The van der Waals surface area contributed by atoms with Crippen LogP contribution in [0.1, 0.15) is 36.1 Å². The maximum absolute atomic E-state index is 12.5. The molecular formula is C21H24N4O2. The lowest BCUT2D eigenvalue weighted by atomic mass is 9.80. The van der Waals surface area contributed by atoms with E-state index in [1.54, 1.807) is 0 Å². The highest BCUT2D eigenvalue weighted by atomic mass is 16.5. The summed E-state index contributed by atoms with van der Waals surface area (Å²) in [7, 11) is 0. The zero-order valence-corrected chi connectivity index (χ0v) is 15.4. The van der Waals surface area contributed by atoms with Crippen LogP contribution in [0.4, 0.5) is 5.95 Å². The van der Waals surface area contributed by atoms with Crippen molar-refractivity contribution in [1.82, 2.24) is 14.9 Å². The summed E-state index contributed by atoms with van der Waals surface area (Å²) in [4.78, 5) is 23.9. The number of aromatic nitrogens is 2. The molecule has 1 atom stereocenters. The summed E-state index contributed by atoms with van der Waals surface area (Å²) in [6.07, 6.45) is 4.88. The molecule has 0 bridgehead atoms. The molecule has 27 heavy (non-hydrogen) atoms. The van der Waals surface area contributed by atoms with Crippen LogP contribution in [0.5, 0.6) is 0 Å². The van der Waals surface area contributed by atoms with Gasteiger partial charge in [-0.3, -0.25) is 4.79 Å². The van der Waals surface area contributed by atoms with Gasteiger partial charge < -0.3 is 15.0 Å². The SMILES string of the molecule is O=C(C1CC1)N1CC[C@@]2(COCc3cnc(NCc4ccccc4)nc32)C1. The molecule has 5 rings (SSSR count). The molecule has 0 radical (unpaired) electrons. The molecule has 1 spiro atoms. The number of hydrogen-bond acceptors (Lipinski definition) is 5. The predicted molar refractivity (Wildman–Crippen MR) is 101 cm³/mol. The summed E-state index contributed by atoms with van der Waals surface area (Å²) in [5, 5.41) is 3.34. The summed E-state index contributed by atoms with van der Waals surface area (Å²) in [6, 6.07) is 10.2. The molecule has 1 aromatic carbocycles. The van der Waals surface area contributed by atoms with Crippen LogP contribution >= 0.6 is 0 Å². The van der Waals surface area contributed by atoms with Crippen molar-refractivity contribution in [2.75, 3.05) is 25.0 Å². The van der Waals surface area contributed by atoms with Gasteiger partial charge in [0.25, 0.3) is 0 Å². The predicted octanol–water partition coefficient (Wildman–Crippen LogP) is 2.50. The summed E-state index contributed by atoms with van der Waals surface area (Å²) >= 11 is 0. The second-order valence-electron chi connectivity index (χ2n) is 7.96. The van der Waals surface area contributed by atoms with Gasteiger partial charge in [-0.05, 0) is 24.8 Å². The van der Waals surface area contributed by atoms with Gasteiger partial charge in [-0.1, -0.05) is 30.3 Å². The Balaban J connectivity index is 1.37. The Bertz CT molecular complexity index is 853. The summed E-state index contributed by atoms with van der Waals surface area (Å²) in [5.74, 6) is 1.22. The van der Waals surface area contributed by atoms with Crippen LogP contribution in [-0.4, -0.2) is 40.5 Å². The molecule has 2 aliphatic heterocycles. The highest BCUT2D eigenvalue weighted by Gasteiger charge is 2.48. The van der Waals surface area contributed by atoms with Crippen LogP contribution in [0, 0.1) is 5.92 Å². The molecule has 3 heterocycles. The topological polar surface area (TPSA) is 67.4 Å². The number of nitrogens with zero attached hydrogens (tertiary/aromatic N) is 3. The number of rotatable bonds is 4. The summed E-state index contributed by atoms with van der Waals surface area (Å²) in [5.41, 5.74) is 3.11. The first-order chi connectivity index (χ1) is 13.2. The minimum absolute atomic E-state index is 0.190. The average molecular weight is 364 g/mol. The number of likely N-dealkylation sites (tertiary alicyclic amines) is 1. The summed E-state index contributed by atoms with van der Waals surface area (Å²) in [6.45, 7) is 3.38. The Kier molecular flexibility index (Phi) is 4.08. The van der Waals surface area contributed by atoms with E-state index in [1.807, 2.05) is 29.3 Å². The van der Waals surface area contributed by atoms with Crippen molar-refractivity contribution >= 4 is 11.9 Å². The Morgan fingerprint density at radius 1 is 1.30 bits per heavy atom. The number of anilines is 1. The first-order valence-electron chi connectivity index (χ1n) is 9.74. The zero-order valence-electron chi connectivity index (χ0n) is 15.4. The molecular weight excluding hydrogens is 340 g/mol. The molecule has 1 aliphatic carbocycles. The van der Waals surface area contributed by atoms with E-state index in [1.165, 1.54) is 5.56 Å². The van der Waals surface area contributed by atoms with Crippen molar-refractivity contribution in [1.29, 1.82) is 0 Å². The Morgan fingerprint density at radius 2 is 2.15 bits per heavy atom. The Hall–Kier alpha value is -2.47. The lowest BCUT2D eigenvalue weighted by Gasteiger charge is -2.34. The van der Waals surface area contributed by atoms with Crippen LogP contribution in [0.25, 0.3) is 0 Å². The van der Waals surface area contributed by atoms with Crippen molar-refractivity contribution < 1.29 is 9.53 Å². The van der Waals surface area contributed by atoms with E-state index in [9.17, 15) is 4.79 Å². The molecule has 2 aromatic rings. The number of ether oxygens (including phenoxy) is 1. The molecule has 6 nitrogen and oxygen atoms in total. The van der Waals surface area contributed by atoms with Gasteiger partial charge in [-0.25, -0.2) is 9.97 Å². The van der Waals surface area contributed by atoms with Gasteiger partial charge in [-0.15, -0.1) is 0 Å². The number of benzene rings is 1. The van der Waals surface area contributed by atoms with Gasteiger partial charge in [0, 0.05) is 37.3 Å². The number of fused-ring (bicyclic) bond motifs is 2. The minimum Gasteiger partial charge on any atom is -0.376 e. The fourth-order valence-electron chi connectivity index (χ4n) is 4.22. The van der Waals surface area contributed by atoms with Gasteiger partial charge >= 0.3 is 0 Å². The van der Waals surface area contributed by atoms with E-state index < -0.39 is 0 Å². The molecule has 140 valence electrons. The molecule has 1 amide bonds. The van der Waals surface area contributed by atoms with Gasteiger partial charge in [0.05, 0.1) is 24.3 Å². The average Bonchev–Trinajstić information content (AvgIpc) is 3.48. The molecule has 6 heteroatoms. The number of nitrogens with one attached hydrogen (secondary N) is 1. The van der Waals surface area contributed by atoms with Crippen molar-refractivity contribution in [2.24, 2.45) is 5.92 Å². The van der Waals surface area contributed by atoms with Crippen LogP contribution in [0.3, 0.4) is 0 Å². The first-order valence-corrected chi connectivity index (χ1v) is 9.74. The van der Waals surface area contributed by atoms with Gasteiger partial charge in [0.15, 0.2) is 0 Å². The van der Waals surface area contributed by atoms with Crippen molar-refractivity contribution in [3.63, 3.8) is 0 Å². The first kappa shape index (κ1) is 16.7. The maximum Gasteiger partial charge on any atom is 0.225 e. The van der Waals surface area contributed by atoms with Gasteiger partial charge in [-0.2, -0.15) is 0 Å². The molecule has 2 fully saturated rings. The van der Waals surface area contributed by atoms with E-state index >= 15 is 0 Å². The van der Waals surface area contributed by atoms with Crippen LogP contribution in [0.2, 0.25) is 0 Å². The third-order valence-corrected chi connectivity index (χ3v) is 5.89. The molecule has 3 aliphatic rings. The standard InChI is InChI=1S/C21H24N4O2/c26-19(16-6-7-16)25-9-8-21(13-25)14-27-12-17-11-23-20(24-18(17)21)22-10-15-4-2-1-3-5-15/h1-5,11,16H,6-10,12-14H2,(H,22,23,24)/t21-/m0/s1. The van der Waals surface area contributed by atoms with Crippen LogP contribution < -0.4 is 5.32 Å². The number of hydrogen-bond donors (Lipinski definition) is 1. The second-order valence-corrected chi connectivity index (χ2v) is 7.96. The van der Waals surface area contributed by atoms with E-state index in [0.29, 0.717) is 38.2 Å². The fourth-order valence-corrected chi connectivity index (χ4v) is 4.22. The second kappa shape index (κ2) is 6.60. The normalized spacial score (nSPS) is 24.1. The maximum atomic E-state index is 12.5. The number of carbonyl (C=O) groups is 1. The van der Waals surface area contributed by atoms with Gasteiger partial charge in [0.2, 0.25) is 11.9 Å². The van der Waals surface area contributed by atoms with E-state index in [0.717, 1.165) is 37.1 Å². The zero-order chi connectivity index (χ0) is 18.3. The van der Waals surface area contributed by atoms with Crippen LogP contribution in [0.15, 0.2) is 36.5 Å². The molecule has 0 unspecified atom stereocenters. The Morgan fingerprint density at radius 3 is 2.96 bits per heavy atom. The quantitative estimate of drug-likeness (QED) is 0.903. The smallest absolute Gasteiger partial charge is 0.225 e. The molecule has 1 saturated carbocycles. The highest BCUT2D eigenvalue weighted by Crippen LogP contribution is 2.41. The van der Waals surface area contributed by atoms with Gasteiger partial charge in [0.1, 0.15) is 0 Å². The summed E-state index contributed by atoms with van der Waals surface area (Å²) < 4.78 is 5.87. The largest absolute Gasteiger partial charge is 0.376 e. The lowest BCUT2D eigenvalue weighted by molar-refractivity contribution is -0.131. The molecule has 1 aromatic heterocycles. The molecule has 1 N–H and O–H groups in total. The highest BCUT2D eigenvalue weighted by molar-refractivity contribution is 5.81. The third kappa shape index (κ3) is 3.18. The van der Waals surface area contributed by atoms with Crippen molar-refractivity contribution in [3.05, 3.63) is 53.3 Å². The van der Waals surface area contributed by atoms with E-state index in [2.05, 4.69) is 22.4 Å². The lowest BCUT2D eigenvalue weighted by Crippen LogP contribution is -2.42. The van der Waals surface area contributed by atoms with Crippen LogP contribution in [-0.2, 0) is 28.1 Å². The van der Waals surface area contributed by atoms with E-state index in [4.69, 9.17) is 9.72 Å². The monoisotopic (exact) mass is 364 g/mol. The minimum atomic E-state index is -0.190.